The second-order valence-corrected chi connectivity index (χ2v) is 4.61. The maximum atomic E-state index is 13.3. The van der Waals surface area contributed by atoms with E-state index in [2.05, 4.69) is 5.32 Å². The van der Waals surface area contributed by atoms with Crippen LogP contribution in [0.3, 0.4) is 0 Å². The Morgan fingerprint density at radius 1 is 1.24 bits per heavy atom. The lowest BCUT2D eigenvalue weighted by Crippen LogP contribution is -2.04. The zero-order valence-corrected chi connectivity index (χ0v) is 11.6. The van der Waals surface area contributed by atoms with Gasteiger partial charge in [-0.1, -0.05) is 24.3 Å². The third-order valence-corrected chi connectivity index (χ3v) is 3.00. The number of methoxy groups -OCH3 is 1. The molecule has 0 unspecified atom stereocenters. The molecule has 0 aliphatic rings. The molecule has 21 heavy (non-hydrogen) atoms. The topological polar surface area (TPSA) is 58.6 Å². The van der Waals surface area contributed by atoms with Crippen molar-refractivity contribution in [2.75, 3.05) is 12.4 Å². The molecule has 0 saturated carbocycles. The van der Waals surface area contributed by atoms with Gasteiger partial charge in [0.15, 0.2) is 0 Å². The van der Waals surface area contributed by atoms with E-state index in [0.29, 0.717) is 18.8 Å². The fourth-order valence-corrected chi connectivity index (χ4v) is 2.00. The van der Waals surface area contributed by atoms with Gasteiger partial charge in [0.05, 0.1) is 12.2 Å². The van der Waals surface area contributed by atoms with Crippen molar-refractivity contribution in [1.29, 1.82) is 0 Å². The van der Waals surface area contributed by atoms with E-state index in [1.54, 1.807) is 7.11 Å². The highest BCUT2D eigenvalue weighted by Crippen LogP contribution is 2.16. The lowest BCUT2D eigenvalue weighted by molar-refractivity contribution is 0.0692. The lowest BCUT2D eigenvalue weighted by Gasteiger charge is -2.09. The molecular weight excluding hydrogens is 273 g/mol. The minimum absolute atomic E-state index is 0.340. The summed E-state index contributed by atoms with van der Waals surface area (Å²) in [4.78, 5) is 10.9. The molecule has 0 spiro atoms. The van der Waals surface area contributed by atoms with Crippen molar-refractivity contribution >= 4 is 11.7 Å². The maximum Gasteiger partial charge on any atom is 0.338 e. The van der Waals surface area contributed by atoms with Crippen molar-refractivity contribution in [2.24, 2.45) is 0 Å². The number of carboxylic acids is 1. The molecule has 0 radical (unpaired) electrons. The highest BCUT2D eigenvalue weighted by Gasteiger charge is 2.10. The lowest BCUT2D eigenvalue weighted by atomic mass is 10.1. The number of aromatic carboxylic acids is 1. The van der Waals surface area contributed by atoms with E-state index in [-0.39, 0.29) is 5.56 Å². The van der Waals surface area contributed by atoms with Crippen molar-refractivity contribution in [3.8, 4) is 0 Å². The van der Waals surface area contributed by atoms with Gasteiger partial charge in [0.25, 0.3) is 0 Å². The largest absolute Gasteiger partial charge is 0.478 e. The number of nitrogens with one attached hydrogen (secondary N) is 1. The molecule has 0 atom stereocenters. The normalized spacial score (nSPS) is 10.4. The van der Waals surface area contributed by atoms with Gasteiger partial charge in [-0.05, 0) is 29.3 Å². The summed E-state index contributed by atoms with van der Waals surface area (Å²) in [6.07, 6.45) is 0. The number of rotatable bonds is 6. The van der Waals surface area contributed by atoms with Crippen LogP contribution in [0, 0.1) is 5.82 Å². The van der Waals surface area contributed by atoms with Crippen molar-refractivity contribution in [1.82, 2.24) is 0 Å². The summed E-state index contributed by atoms with van der Waals surface area (Å²) in [5.74, 6) is -2.02. The third kappa shape index (κ3) is 4.03. The van der Waals surface area contributed by atoms with Crippen LogP contribution < -0.4 is 5.32 Å². The number of carboxylic acid groups (broad SMARTS) is 1. The number of hydrogen-bond acceptors (Lipinski definition) is 3. The molecule has 0 aliphatic heterocycles. The summed E-state index contributed by atoms with van der Waals surface area (Å²) in [7, 11) is 1.64. The molecule has 0 bridgehead atoms. The number of anilines is 1. The van der Waals surface area contributed by atoms with Crippen LogP contribution in [-0.4, -0.2) is 18.2 Å². The summed E-state index contributed by atoms with van der Waals surface area (Å²) in [6, 6.07) is 11.8. The van der Waals surface area contributed by atoms with Gasteiger partial charge in [-0.2, -0.15) is 0 Å². The van der Waals surface area contributed by atoms with Crippen LogP contribution in [-0.2, 0) is 17.9 Å². The Kier molecular flexibility index (Phi) is 4.90. The predicted molar refractivity (Wildman–Crippen MR) is 77.8 cm³/mol. The van der Waals surface area contributed by atoms with E-state index in [1.807, 2.05) is 24.3 Å². The molecular formula is C16H16FNO3. The fourth-order valence-electron chi connectivity index (χ4n) is 2.00. The van der Waals surface area contributed by atoms with Gasteiger partial charge in [-0.3, -0.25) is 0 Å². The van der Waals surface area contributed by atoms with Crippen LogP contribution in [0.2, 0.25) is 0 Å². The minimum atomic E-state index is -1.28. The molecule has 0 amide bonds. The van der Waals surface area contributed by atoms with Gasteiger partial charge in [0.2, 0.25) is 0 Å². The second-order valence-electron chi connectivity index (χ2n) is 4.61. The van der Waals surface area contributed by atoms with Crippen molar-refractivity contribution in [3.05, 3.63) is 65.0 Å². The molecule has 0 heterocycles. The van der Waals surface area contributed by atoms with Gasteiger partial charge in [0.1, 0.15) is 5.82 Å². The van der Waals surface area contributed by atoms with Gasteiger partial charge < -0.3 is 15.2 Å². The molecule has 0 aromatic heterocycles. The van der Waals surface area contributed by atoms with Crippen LogP contribution >= 0.6 is 0 Å². The fraction of sp³-hybridized carbons (Fsp3) is 0.188. The number of hydrogen-bond donors (Lipinski definition) is 2. The van der Waals surface area contributed by atoms with Gasteiger partial charge in [-0.25, -0.2) is 9.18 Å². The van der Waals surface area contributed by atoms with Gasteiger partial charge >= 0.3 is 5.97 Å². The SMILES string of the molecule is COCc1cccc(CNc2ccc(F)c(C(=O)O)c2)c1. The average molecular weight is 289 g/mol. The quantitative estimate of drug-likeness (QED) is 0.856. The van der Waals surface area contributed by atoms with E-state index < -0.39 is 11.8 Å². The Hall–Kier alpha value is -2.40. The molecule has 5 heteroatoms. The van der Waals surface area contributed by atoms with Crippen molar-refractivity contribution < 1.29 is 19.0 Å². The van der Waals surface area contributed by atoms with Crippen LogP contribution in [0.15, 0.2) is 42.5 Å². The van der Waals surface area contributed by atoms with Crippen molar-refractivity contribution in [3.63, 3.8) is 0 Å². The summed E-state index contributed by atoms with van der Waals surface area (Å²) >= 11 is 0. The molecule has 2 aromatic rings. The Labute approximate surface area is 122 Å². The Balaban J connectivity index is 2.07. The molecule has 0 aliphatic carbocycles. The van der Waals surface area contributed by atoms with Gasteiger partial charge in [0, 0.05) is 19.3 Å². The Morgan fingerprint density at radius 3 is 2.71 bits per heavy atom. The van der Waals surface area contributed by atoms with Crippen LogP contribution in [0.1, 0.15) is 21.5 Å². The number of halogens is 1. The minimum Gasteiger partial charge on any atom is -0.478 e. The van der Waals surface area contributed by atoms with E-state index in [9.17, 15) is 9.18 Å². The van der Waals surface area contributed by atoms with Crippen molar-refractivity contribution in [2.45, 2.75) is 13.2 Å². The zero-order valence-electron chi connectivity index (χ0n) is 11.6. The van der Waals surface area contributed by atoms with E-state index in [0.717, 1.165) is 17.2 Å². The number of ether oxygens (including phenoxy) is 1. The standard InChI is InChI=1S/C16H16FNO3/c1-21-10-12-4-2-3-11(7-12)9-18-13-5-6-15(17)14(8-13)16(19)20/h2-8,18H,9-10H2,1H3,(H,19,20). The van der Waals surface area contributed by atoms with E-state index in [4.69, 9.17) is 9.84 Å². The maximum absolute atomic E-state index is 13.3. The molecule has 2 N–H and O–H groups in total. The summed E-state index contributed by atoms with van der Waals surface area (Å²) < 4.78 is 18.4. The zero-order chi connectivity index (χ0) is 15.2. The number of carbonyl (C=O) groups is 1. The first-order valence-electron chi connectivity index (χ1n) is 6.43. The summed E-state index contributed by atoms with van der Waals surface area (Å²) in [6.45, 7) is 1.05. The monoisotopic (exact) mass is 289 g/mol. The predicted octanol–water partition coefficient (Wildman–Crippen LogP) is 3.28. The molecule has 0 saturated heterocycles. The summed E-state index contributed by atoms with van der Waals surface area (Å²) in [5, 5.41) is 12.0. The molecule has 4 nitrogen and oxygen atoms in total. The summed E-state index contributed by atoms with van der Waals surface area (Å²) in [5.41, 5.74) is 2.31. The van der Waals surface area contributed by atoms with E-state index >= 15 is 0 Å². The first-order chi connectivity index (χ1) is 10.1. The van der Waals surface area contributed by atoms with Crippen LogP contribution in [0.4, 0.5) is 10.1 Å². The molecule has 0 fully saturated rings. The van der Waals surface area contributed by atoms with E-state index in [1.165, 1.54) is 12.1 Å². The second kappa shape index (κ2) is 6.85. The highest BCUT2D eigenvalue weighted by molar-refractivity contribution is 5.89. The third-order valence-electron chi connectivity index (χ3n) is 3.00. The molecule has 2 aromatic carbocycles. The average Bonchev–Trinajstić information content (AvgIpc) is 2.47. The van der Waals surface area contributed by atoms with Crippen LogP contribution in [0.25, 0.3) is 0 Å². The first kappa shape index (κ1) is 15.0. The first-order valence-corrected chi connectivity index (χ1v) is 6.43. The molecule has 2 rings (SSSR count). The highest BCUT2D eigenvalue weighted by atomic mass is 19.1. The number of benzene rings is 2. The Morgan fingerprint density at radius 2 is 2.00 bits per heavy atom. The van der Waals surface area contributed by atoms with Gasteiger partial charge in [-0.15, -0.1) is 0 Å². The van der Waals surface area contributed by atoms with Crippen LogP contribution in [0.5, 0.6) is 0 Å². The smallest absolute Gasteiger partial charge is 0.338 e. The Bertz CT molecular complexity index is 643. The molecule has 110 valence electrons.